The van der Waals surface area contributed by atoms with E-state index in [0.29, 0.717) is 5.92 Å². The smallest absolute Gasteiger partial charge is 0.200 e. The Hall–Kier alpha value is -2.77. The highest BCUT2D eigenvalue weighted by Gasteiger charge is 2.28. The molecule has 28 heavy (non-hydrogen) atoms. The molecular weight excluding hydrogens is 370 g/mol. The van der Waals surface area contributed by atoms with Crippen molar-refractivity contribution in [2.75, 3.05) is 18.0 Å². The van der Waals surface area contributed by atoms with E-state index in [1.807, 2.05) is 35.7 Å². The largest absolute Gasteiger partial charge is 0.387 e. The molecule has 0 aliphatic carbocycles. The van der Waals surface area contributed by atoms with Gasteiger partial charge in [-0.3, -0.25) is 0 Å². The van der Waals surface area contributed by atoms with Gasteiger partial charge in [-0.05, 0) is 36.3 Å². The summed E-state index contributed by atoms with van der Waals surface area (Å²) in [7, 11) is 0. The zero-order chi connectivity index (χ0) is 18.9. The molecule has 1 aromatic carbocycles. The average molecular weight is 392 g/mol. The highest BCUT2D eigenvalue weighted by Crippen LogP contribution is 2.35. The van der Waals surface area contributed by atoms with Crippen LogP contribution in [0.2, 0.25) is 0 Å². The molecule has 0 saturated carbocycles. The lowest BCUT2D eigenvalue weighted by molar-refractivity contribution is 0.0962. The van der Waals surface area contributed by atoms with Crippen molar-refractivity contribution in [2.24, 2.45) is 5.92 Å². The van der Waals surface area contributed by atoms with Crippen LogP contribution in [-0.2, 0) is 0 Å². The van der Waals surface area contributed by atoms with Crippen LogP contribution >= 0.6 is 11.3 Å². The van der Waals surface area contributed by atoms with E-state index >= 15 is 0 Å². The molecular formula is C21H21N5OS. The molecule has 0 amide bonds. The zero-order valence-corrected chi connectivity index (χ0v) is 16.2. The number of piperidine rings is 1. The molecule has 0 spiro atoms. The van der Waals surface area contributed by atoms with Crippen LogP contribution in [0.5, 0.6) is 0 Å². The Kier molecular flexibility index (Phi) is 4.54. The van der Waals surface area contributed by atoms with Crippen LogP contribution in [0.25, 0.3) is 16.9 Å². The second kappa shape index (κ2) is 7.33. The number of rotatable bonds is 4. The Morgan fingerprint density at radius 1 is 1.07 bits per heavy atom. The van der Waals surface area contributed by atoms with Gasteiger partial charge in [0.05, 0.1) is 17.5 Å². The van der Waals surface area contributed by atoms with Crippen LogP contribution in [0, 0.1) is 5.92 Å². The van der Waals surface area contributed by atoms with Gasteiger partial charge in [0, 0.05) is 23.5 Å². The number of aromatic nitrogens is 4. The molecule has 1 fully saturated rings. The van der Waals surface area contributed by atoms with Gasteiger partial charge in [0.25, 0.3) is 0 Å². The number of aliphatic hydroxyl groups is 1. The minimum absolute atomic E-state index is 0.291. The summed E-state index contributed by atoms with van der Waals surface area (Å²) >= 11 is 1.63. The number of thiophene rings is 1. The second-order valence-corrected chi connectivity index (χ2v) is 8.14. The van der Waals surface area contributed by atoms with Crippen LogP contribution in [0.1, 0.15) is 23.8 Å². The molecule has 4 aromatic rings. The highest BCUT2D eigenvalue weighted by atomic mass is 32.1. The van der Waals surface area contributed by atoms with E-state index in [-0.39, 0.29) is 6.10 Å². The maximum Gasteiger partial charge on any atom is 0.200 e. The molecule has 5 rings (SSSR count). The van der Waals surface area contributed by atoms with Gasteiger partial charge in [-0.25, -0.2) is 0 Å². The molecule has 3 aromatic heterocycles. The molecule has 1 saturated heterocycles. The lowest BCUT2D eigenvalue weighted by Crippen LogP contribution is -2.36. The first kappa shape index (κ1) is 17.3. The summed E-state index contributed by atoms with van der Waals surface area (Å²) < 4.78 is 1.75. The lowest BCUT2D eigenvalue weighted by atomic mass is 9.90. The quantitative estimate of drug-likeness (QED) is 0.573. The van der Waals surface area contributed by atoms with Crippen LogP contribution in [0.4, 0.5) is 5.69 Å². The Balaban J connectivity index is 1.41. The average Bonchev–Trinajstić information content (AvgIpc) is 3.45. The Morgan fingerprint density at radius 2 is 1.89 bits per heavy atom. The van der Waals surface area contributed by atoms with Gasteiger partial charge in [0.1, 0.15) is 6.33 Å². The molecule has 1 atom stereocenters. The predicted molar refractivity (Wildman–Crippen MR) is 110 cm³/mol. The van der Waals surface area contributed by atoms with Crippen molar-refractivity contribution in [2.45, 2.75) is 18.9 Å². The minimum atomic E-state index is -0.368. The number of fused-ring (bicyclic) bond motifs is 1. The van der Waals surface area contributed by atoms with Gasteiger partial charge in [-0.1, -0.05) is 36.4 Å². The molecule has 1 aliphatic heterocycles. The number of nitrogens with zero attached hydrogens (tertiary/aromatic N) is 5. The van der Waals surface area contributed by atoms with Crippen molar-refractivity contribution in [1.82, 2.24) is 19.8 Å². The molecule has 1 N–H and O–H groups in total. The number of benzene rings is 1. The number of anilines is 1. The fourth-order valence-corrected chi connectivity index (χ4v) is 4.74. The van der Waals surface area contributed by atoms with E-state index in [4.69, 9.17) is 0 Å². The van der Waals surface area contributed by atoms with Crippen LogP contribution in [0.3, 0.4) is 0 Å². The van der Waals surface area contributed by atoms with E-state index in [2.05, 4.69) is 38.4 Å². The highest BCUT2D eigenvalue weighted by molar-refractivity contribution is 7.10. The molecule has 1 aliphatic rings. The van der Waals surface area contributed by atoms with Gasteiger partial charge in [-0.2, -0.15) is 9.61 Å². The van der Waals surface area contributed by atoms with Crippen molar-refractivity contribution < 1.29 is 5.11 Å². The van der Waals surface area contributed by atoms with E-state index < -0.39 is 0 Å². The van der Waals surface area contributed by atoms with E-state index in [9.17, 15) is 5.11 Å². The van der Waals surface area contributed by atoms with Gasteiger partial charge in [-0.15, -0.1) is 21.5 Å². The summed E-state index contributed by atoms with van der Waals surface area (Å²) in [5.41, 5.74) is 3.80. The van der Waals surface area contributed by atoms with E-state index in [1.54, 1.807) is 22.2 Å². The number of hydrogen-bond acceptors (Lipinski definition) is 6. The third-order valence-electron chi connectivity index (χ3n) is 5.48. The topological polar surface area (TPSA) is 66.5 Å². The SMILES string of the molecule is OC(c1cccs1)C1CCN(c2cc(-c3ccccc3)nn3cnnc23)CC1. The normalized spacial score (nSPS) is 16.5. The minimum Gasteiger partial charge on any atom is -0.387 e. The molecule has 4 heterocycles. The Bertz CT molecular complexity index is 1060. The van der Waals surface area contributed by atoms with Crippen molar-refractivity contribution in [3.8, 4) is 11.3 Å². The van der Waals surface area contributed by atoms with Crippen molar-refractivity contribution in [3.63, 3.8) is 0 Å². The number of hydrogen-bond donors (Lipinski definition) is 1. The van der Waals surface area contributed by atoms with E-state index in [1.165, 1.54) is 0 Å². The Morgan fingerprint density at radius 3 is 2.64 bits per heavy atom. The second-order valence-electron chi connectivity index (χ2n) is 7.16. The standard InChI is InChI=1S/C21H21N5OS/c27-20(19-7-4-12-28-19)16-8-10-25(11-9-16)18-13-17(15-5-2-1-3-6-15)24-26-14-22-23-21(18)26/h1-7,12-14,16,20,27H,8-11H2. The van der Waals surface area contributed by atoms with Gasteiger partial charge >= 0.3 is 0 Å². The first-order valence-electron chi connectivity index (χ1n) is 9.52. The maximum atomic E-state index is 10.7. The van der Waals surface area contributed by atoms with Crippen molar-refractivity contribution >= 4 is 22.7 Å². The molecule has 0 radical (unpaired) electrons. The summed E-state index contributed by atoms with van der Waals surface area (Å²) in [6, 6.07) is 16.3. The molecule has 6 nitrogen and oxygen atoms in total. The fourth-order valence-electron chi connectivity index (χ4n) is 3.94. The molecule has 7 heteroatoms. The zero-order valence-electron chi connectivity index (χ0n) is 15.3. The molecule has 1 unspecified atom stereocenters. The number of aliphatic hydroxyl groups excluding tert-OH is 1. The van der Waals surface area contributed by atoms with Crippen LogP contribution in [0.15, 0.2) is 60.2 Å². The molecule has 0 bridgehead atoms. The van der Waals surface area contributed by atoms with Gasteiger partial charge < -0.3 is 10.0 Å². The summed E-state index contributed by atoms with van der Waals surface area (Å²) in [6.45, 7) is 1.77. The predicted octanol–water partition coefficient (Wildman–Crippen LogP) is 3.80. The van der Waals surface area contributed by atoms with Crippen LogP contribution in [-0.4, -0.2) is 38.0 Å². The lowest BCUT2D eigenvalue weighted by Gasteiger charge is -2.35. The van der Waals surface area contributed by atoms with Crippen molar-refractivity contribution in [3.05, 3.63) is 65.1 Å². The first-order valence-corrected chi connectivity index (χ1v) is 10.4. The van der Waals surface area contributed by atoms with Crippen molar-refractivity contribution in [1.29, 1.82) is 0 Å². The molecule has 142 valence electrons. The van der Waals surface area contributed by atoms with Gasteiger partial charge in [0.15, 0.2) is 0 Å². The van der Waals surface area contributed by atoms with Gasteiger partial charge in [0.2, 0.25) is 5.65 Å². The maximum absolute atomic E-state index is 10.7. The van der Waals surface area contributed by atoms with Crippen LogP contribution < -0.4 is 4.90 Å². The summed E-state index contributed by atoms with van der Waals surface area (Å²) in [5, 5.41) is 25.7. The monoisotopic (exact) mass is 391 g/mol. The Labute approximate surface area is 167 Å². The summed E-state index contributed by atoms with van der Waals surface area (Å²) in [5.74, 6) is 0.291. The third-order valence-corrected chi connectivity index (χ3v) is 6.42. The van der Waals surface area contributed by atoms with E-state index in [0.717, 1.165) is 53.4 Å². The summed E-state index contributed by atoms with van der Waals surface area (Å²) in [6.07, 6.45) is 3.18. The summed E-state index contributed by atoms with van der Waals surface area (Å²) in [4.78, 5) is 3.41. The first-order chi connectivity index (χ1) is 13.8. The fraction of sp³-hybridized carbons (Fsp3) is 0.286. The third kappa shape index (κ3) is 3.16.